The number of rotatable bonds is 6. The zero-order valence-corrected chi connectivity index (χ0v) is 14.5. The van der Waals surface area contributed by atoms with Gasteiger partial charge in [-0.25, -0.2) is 9.97 Å². The lowest BCUT2D eigenvalue weighted by atomic mass is 10.2. The highest BCUT2D eigenvalue weighted by molar-refractivity contribution is 5.94. The molecule has 0 spiro atoms. The lowest BCUT2D eigenvalue weighted by molar-refractivity contribution is 0.0794. The van der Waals surface area contributed by atoms with Gasteiger partial charge in [0.15, 0.2) is 5.82 Å². The second-order valence-electron chi connectivity index (χ2n) is 6.36. The van der Waals surface area contributed by atoms with E-state index >= 15 is 0 Å². The molecular weight excluding hydrogens is 308 g/mol. The number of carbonyl (C=O) groups is 1. The number of aryl methyl sites for hydroxylation is 1. The first kappa shape index (κ1) is 16.4. The quantitative estimate of drug-likeness (QED) is 0.791. The molecule has 0 atom stereocenters. The minimum Gasteiger partial charge on any atom is -0.347 e. The van der Waals surface area contributed by atoms with Crippen LogP contribution in [0.3, 0.4) is 0 Å². The maximum Gasteiger partial charge on any atom is 0.257 e. The summed E-state index contributed by atoms with van der Waals surface area (Å²) in [7, 11) is 5.48. The maximum atomic E-state index is 12.6. The molecule has 8 nitrogen and oxygen atoms in total. The fraction of sp³-hybridized carbons (Fsp3) is 0.562. The average Bonchev–Trinajstić information content (AvgIpc) is 3.30. The van der Waals surface area contributed by atoms with Gasteiger partial charge < -0.3 is 14.3 Å². The molecule has 1 aliphatic rings. The minimum atomic E-state index is -0.108. The van der Waals surface area contributed by atoms with Crippen LogP contribution in [0.5, 0.6) is 0 Å². The first-order chi connectivity index (χ1) is 11.5. The Morgan fingerprint density at radius 2 is 2.04 bits per heavy atom. The Balaban J connectivity index is 1.61. The van der Waals surface area contributed by atoms with Crippen LogP contribution in [0.1, 0.15) is 46.5 Å². The summed E-state index contributed by atoms with van der Waals surface area (Å²) < 4.78 is 5.23. The molecule has 0 N–H and O–H groups in total. The van der Waals surface area contributed by atoms with Crippen molar-refractivity contribution < 1.29 is 9.32 Å². The Morgan fingerprint density at radius 3 is 2.67 bits per heavy atom. The third kappa shape index (κ3) is 3.52. The SMILES string of the molecule is Cc1nc(N(C)C)ncc1C(=O)N(C)CCc1noc(C2CC2)n1. The van der Waals surface area contributed by atoms with Crippen LogP contribution in [-0.4, -0.2) is 58.6 Å². The fourth-order valence-electron chi connectivity index (χ4n) is 2.32. The predicted molar refractivity (Wildman–Crippen MR) is 88.0 cm³/mol. The summed E-state index contributed by atoms with van der Waals surface area (Å²) in [6.45, 7) is 2.33. The van der Waals surface area contributed by atoms with Crippen LogP contribution >= 0.6 is 0 Å². The molecule has 2 aromatic rings. The standard InChI is InChI=1S/C16H22N6O2/c1-10-12(9-17-16(18-10)21(2)3)15(23)22(4)8-7-13-19-14(24-20-13)11-5-6-11/h9,11H,5-8H2,1-4H3. The van der Waals surface area contributed by atoms with E-state index in [-0.39, 0.29) is 5.91 Å². The monoisotopic (exact) mass is 330 g/mol. The molecule has 128 valence electrons. The highest BCUT2D eigenvalue weighted by atomic mass is 16.5. The number of nitrogens with zero attached hydrogens (tertiary/aromatic N) is 6. The second-order valence-corrected chi connectivity index (χ2v) is 6.36. The van der Waals surface area contributed by atoms with Crippen LogP contribution in [0.15, 0.2) is 10.7 Å². The Bertz CT molecular complexity index is 738. The fourth-order valence-corrected chi connectivity index (χ4v) is 2.32. The number of carbonyl (C=O) groups excluding carboxylic acids is 1. The Morgan fingerprint density at radius 1 is 1.29 bits per heavy atom. The summed E-state index contributed by atoms with van der Waals surface area (Å²) in [5.74, 6) is 2.30. The van der Waals surface area contributed by atoms with Gasteiger partial charge in [-0.1, -0.05) is 5.16 Å². The van der Waals surface area contributed by atoms with Crippen LogP contribution in [0.2, 0.25) is 0 Å². The molecule has 2 heterocycles. The molecule has 0 saturated heterocycles. The Labute approximate surface area is 140 Å². The van der Waals surface area contributed by atoms with Crippen molar-refractivity contribution in [2.45, 2.75) is 32.1 Å². The summed E-state index contributed by atoms with van der Waals surface area (Å²) >= 11 is 0. The molecule has 0 aliphatic heterocycles. The van der Waals surface area contributed by atoms with Gasteiger partial charge in [-0.2, -0.15) is 4.98 Å². The molecule has 0 radical (unpaired) electrons. The highest BCUT2D eigenvalue weighted by Crippen LogP contribution is 2.38. The number of amides is 1. The van der Waals surface area contributed by atoms with Gasteiger partial charge in [-0.05, 0) is 19.8 Å². The van der Waals surface area contributed by atoms with E-state index in [9.17, 15) is 4.79 Å². The smallest absolute Gasteiger partial charge is 0.257 e. The molecule has 8 heteroatoms. The number of likely N-dealkylation sites (N-methyl/N-ethyl adjacent to an activating group) is 1. The summed E-state index contributed by atoms with van der Waals surface area (Å²) in [5, 5.41) is 3.98. The van der Waals surface area contributed by atoms with Crippen molar-refractivity contribution in [3.05, 3.63) is 29.2 Å². The summed E-state index contributed by atoms with van der Waals surface area (Å²) in [5.41, 5.74) is 1.18. The van der Waals surface area contributed by atoms with Crippen LogP contribution in [-0.2, 0) is 6.42 Å². The van der Waals surface area contributed by atoms with Gasteiger partial charge >= 0.3 is 0 Å². The zero-order chi connectivity index (χ0) is 17.3. The van der Waals surface area contributed by atoms with Gasteiger partial charge in [0, 0.05) is 46.2 Å². The van der Waals surface area contributed by atoms with Gasteiger partial charge in [-0.15, -0.1) is 0 Å². The minimum absolute atomic E-state index is 0.108. The summed E-state index contributed by atoms with van der Waals surface area (Å²) in [4.78, 5) is 28.9. The molecule has 1 saturated carbocycles. The number of anilines is 1. The van der Waals surface area contributed by atoms with E-state index in [0.29, 0.717) is 41.9 Å². The first-order valence-corrected chi connectivity index (χ1v) is 8.04. The largest absolute Gasteiger partial charge is 0.347 e. The maximum absolute atomic E-state index is 12.6. The van der Waals surface area contributed by atoms with E-state index in [1.54, 1.807) is 23.0 Å². The van der Waals surface area contributed by atoms with E-state index in [0.717, 1.165) is 18.7 Å². The van der Waals surface area contributed by atoms with Crippen molar-refractivity contribution in [1.29, 1.82) is 0 Å². The van der Waals surface area contributed by atoms with Crippen LogP contribution in [0.4, 0.5) is 5.95 Å². The van der Waals surface area contributed by atoms with E-state index in [2.05, 4.69) is 20.1 Å². The molecule has 2 aromatic heterocycles. The second kappa shape index (κ2) is 6.54. The van der Waals surface area contributed by atoms with Gasteiger partial charge in [0.25, 0.3) is 5.91 Å². The third-order valence-electron chi connectivity index (χ3n) is 4.02. The Kier molecular flexibility index (Phi) is 4.46. The molecular formula is C16H22N6O2. The number of hydrogen-bond donors (Lipinski definition) is 0. The lowest BCUT2D eigenvalue weighted by Crippen LogP contribution is -2.30. The third-order valence-corrected chi connectivity index (χ3v) is 4.02. The van der Waals surface area contributed by atoms with E-state index < -0.39 is 0 Å². The molecule has 0 bridgehead atoms. The zero-order valence-electron chi connectivity index (χ0n) is 14.5. The molecule has 24 heavy (non-hydrogen) atoms. The van der Waals surface area contributed by atoms with Gasteiger partial charge in [0.1, 0.15) is 0 Å². The van der Waals surface area contributed by atoms with E-state index in [1.807, 2.05) is 21.0 Å². The van der Waals surface area contributed by atoms with Gasteiger partial charge in [0.2, 0.25) is 11.8 Å². The summed E-state index contributed by atoms with van der Waals surface area (Å²) in [6, 6.07) is 0. The van der Waals surface area contributed by atoms with Crippen molar-refractivity contribution in [3.63, 3.8) is 0 Å². The van der Waals surface area contributed by atoms with Crippen molar-refractivity contribution in [3.8, 4) is 0 Å². The van der Waals surface area contributed by atoms with Crippen LogP contribution in [0.25, 0.3) is 0 Å². The summed E-state index contributed by atoms with van der Waals surface area (Å²) in [6.07, 6.45) is 4.40. The van der Waals surface area contributed by atoms with Crippen LogP contribution in [0, 0.1) is 6.92 Å². The van der Waals surface area contributed by atoms with Crippen LogP contribution < -0.4 is 4.90 Å². The Hall–Kier alpha value is -2.51. The van der Waals surface area contributed by atoms with Crippen molar-refractivity contribution in [2.24, 2.45) is 0 Å². The average molecular weight is 330 g/mol. The topological polar surface area (TPSA) is 88.3 Å². The molecule has 0 unspecified atom stereocenters. The van der Waals surface area contributed by atoms with E-state index in [1.165, 1.54) is 0 Å². The van der Waals surface area contributed by atoms with E-state index in [4.69, 9.17) is 4.52 Å². The molecule has 0 aromatic carbocycles. The normalized spacial score (nSPS) is 13.8. The highest BCUT2D eigenvalue weighted by Gasteiger charge is 2.29. The molecule has 1 fully saturated rings. The molecule has 1 aliphatic carbocycles. The van der Waals surface area contributed by atoms with Crippen molar-refractivity contribution in [1.82, 2.24) is 25.0 Å². The molecule has 1 amide bonds. The first-order valence-electron chi connectivity index (χ1n) is 8.04. The predicted octanol–water partition coefficient (Wildman–Crippen LogP) is 1.43. The van der Waals surface area contributed by atoms with Crippen molar-refractivity contribution >= 4 is 11.9 Å². The van der Waals surface area contributed by atoms with Gasteiger partial charge in [-0.3, -0.25) is 4.79 Å². The number of aromatic nitrogens is 4. The lowest BCUT2D eigenvalue weighted by Gasteiger charge is -2.18. The number of hydrogen-bond acceptors (Lipinski definition) is 7. The van der Waals surface area contributed by atoms with Gasteiger partial charge in [0.05, 0.1) is 11.3 Å². The molecule has 3 rings (SSSR count). The van der Waals surface area contributed by atoms with Crippen molar-refractivity contribution in [2.75, 3.05) is 32.6 Å².